The number of piperidine rings is 1. The summed E-state index contributed by atoms with van der Waals surface area (Å²) in [6.45, 7) is 3.02. The topological polar surface area (TPSA) is 95.0 Å². The Balaban J connectivity index is 2.06. The average Bonchev–Trinajstić information content (AvgIpc) is 2.62. The zero-order chi connectivity index (χ0) is 19.2. The highest BCUT2D eigenvalue weighted by molar-refractivity contribution is 7.89. The van der Waals surface area contributed by atoms with Gasteiger partial charge in [-0.3, -0.25) is 9.59 Å². The van der Waals surface area contributed by atoms with Gasteiger partial charge in [0.15, 0.2) is 0 Å². The van der Waals surface area contributed by atoms with E-state index in [1.54, 1.807) is 12.1 Å². The van der Waals surface area contributed by atoms with Gasteiger partial charge >= 0.3 is 5.97 Å². The van der Waals surface area contributed by atoms with Crippen LogP contribution in [0.5, 0.6) is 0 Å². The first-order valence-corrected chi connectivity index (χ1v) is 10.4. The second kappa shape index (κ2) is 9.14. The zero-order valence-corrected chi connectivity index (χ0v) is 15.9. The fraction of sp³-hybridized carbons (Fsp3) is 0.556. The Bertz CT molecular complexity index is 724. The highest BCUT2D eigenvalue weighted by atomic mass is 32.2. The normalized spacial score (nSPS) is 15.6. The molecule has 0 spiro atoms. The average molecular weight is 382 g/mol. The van der Waals surface area contributed by atoms with Crippen molar-refractivity contribution >= 4 is 21.9 Å². The van der Waals surface area contributed by atoms with Crippen molar-refractivity contribution in [3.63, 3.8) is 0 Å². The lowest BCUT2D eigenvalue weighted by Crippen LogP contribution is -2.37. The first-order chi connectivity index (χ1) is 12.3. The number of amides is 1. The molecule has 0 bridgehead atoms. The Labute approximate surface area is 154 Å². The van der Waals surface area contributed by atoms with E-state index in [1.807, 2.05) is 6.92 Å². The number of rotatable bonds is 8. The van der Waals surface area contributed by atoms with Crippen molar-refractivity contribution in [2.45, 2.75) is 43.9 Å². The molecule has 1 heterocycles. The number of aliphatic carboxylic acids is 1. The minimum absolute atomic E-state index is 0.0529. The monoisotopic (exact) mass is 382 g/mol. The van der Waals surface area contributed by atoms with Crippen molar-refractivity contribution in [2.75, 3.05) is 26.2 Å². The zero-order valence-electron chi connectivity index (χ0n) is 15.1. The molecule has 144 valence electrons. The quantitative estimate of drug-likeness (QED) is 0.739. The Hall–Kier alpha value is -1.93. The van der Waals surface area contributed by atoms with E-state index in [0.29, 0.717) is 31.6 Å². The summed E-state index contributed by atoms with van der Waals surface area (Å²) < 4.78 is 26.7. The molecule has 1 aliphatic rings. The van der Waals surface area contributed by atoms with E-state index >= 15 is 0 Å². The lowest BCUT2D eigenvalue weighted by molar-refractivity contribution is -0.144. The molecule has 1 aliphatic heterocycles. The van der Waals surface area contributed by atoms with Crippen molar-refractivity contribution in [1.29, 1.82) is 0 Å². The second-order valence-electron chi connectivity index (χ2n) is 6.49. The van der Waals surface area contributed by atoms with Crippen LogP contribution in [0.15, 0.2) is 29.2 Å². The lowest BCUT2D eigenvalue weighted by atomic mass is 10.1. The predicted octanol–water partition coefficient (Wildman–Crippen LogP) is 1.73. The molecule has 1 amide bonds. The molecule has 1 saturated heterocycles. The van der Waals surface area contributed by atoms with Crippen molar-refractivity contribution in [2.24, 2.45) is 0 Å². The summed E-state index contributed by atoms with van der Waals surface area (Å²) in [7, 11) is -3.49. The molecule has 2 rings (SSSR count). The smallest absolute Gasteiger partial charge is 0.323 e. The Morgan fingerprint density at radius 1 is 1.12 bits per heavy atom. The number of carboxylic acids is 1. The third-order valence-corrected chi connectivity index (χ3v) is 6.32. The van der Waals surface area contributed by atoms with Crippen LogP contribution in [0.3, 0.4) is 0 Å². The number of carbonyl (C=O) groups excluding carboxylic acids is 1. The molecule has 1 N–H and O–H groups in total. The van der Waals surface area contributed by atoms with Crippen LogP contribution >= 0.6 is 0 Å². The van der Waals surface area contributed by atoms with Crippen molar-refractivity contribution in [1.82, 2.24) is 9.21 Å². The molecule has 0 saturated carbocycles. The molecule has 26 heavy (non-hydrogen) atoms. The molecule has 0 aliphatic carbocycles. The van der Waals surface area contributed by atoms with Gasteiger partial charge < -0.3 is 10.0 Å². The van der Waals surface area contributed by atoms with Gasteiger partial charge in [0, 0.05) is 19.6 Å². The maximum atomic E-state index is 12.6. The number of hydrogen-bond acceptors (Lipinski definition) is 4. The van der Waals surface area contributed by atoms with E-state index in [0.717, 1.165) is 19.3 Å². The molecule has 7 nitrogen and oxygen atoms in total. The Kier molecular flexibility index (Phi) is 7.16. The van der Waals surface area contributed by atoms with E-state index < -0.39 is 16.0 Å². The first kappa shape index (κ1) is 20.4. The van der Waals surface area contributed by atoms with Crippen molar-refractivity contribution in [3.05, 3.63) is 29.8 Å². The van der Waals surface area contributed by atoms with Gasteiger partial charge in [-0.1, -0.05) is 25.5 Å². The van der Waals surface area contributed by atoms with Crippen molar-refractivity contribution in [3.8, 4) is 0 Å². The van der Waals surface area contributed by atoms with Crippen LogP contribution in [0.2, 0.25) is 0 Å². The van der Waals surface area contributed by atoms with Gasteiger partial charge in [-0.25, -0.2) is 8.42 Å². The fourth-order valence-electron chi connectivity index (χ4n) is 3.05. The number of sulfonamides is 1. The lowest BCUT2D eigenvalue weighted by Gasteiger charge is -2.26. The summed E-state index contributed by atoms with van der Waals surface area (Å²) in [5.74, 6) is -1.32. The molecule has 8 heteroatoms. The number of carboxylic acid groups (broad SMARTS) is 1. The third kappa shape index (κ3) is 5.28. The summed E-state index contributed by atoms with van der Waals surface area (Å²) in [5.41, 5.74) is 0.666. The third-order valence-electron chi connectivity index (χ3n) is 4.40. The largest absolute Gasteiger partial charge is 0.480 e. The molecule has 0 aromatic heterocycles. The maximum Gasteiger partial charge on any atom is 0.323 e. The van der Waals surface area contributed by atoms with Gasteiger partial charge in [0.1, 0.15) is 6.54 Å². The summed E-state index contributed by atoms with van der Waals surface area (Å²) >= 11 is 0. The molecule has 1 aromatic rings. The van der Waals surface area contributed by atoms with Crippen LogP contribution in [0, 0.1) is 0 Å². The first-order valence-electron chi connectivity index (χ1n) is 8.93. The standard InChI is InChI=1S/C18H26N2O5S/c1-2-10-19(14-18(22)23)17(21)13-15-6-8-16(9-7-15)26(24,25)20-11-4-3-5-12-20/h6-9H,2-5,10-14H2,1H3,(H,22,23). The van der Waals surface area contributed by atoms with E-state index in [2.05, 4.69) is 0 Å². The molecule has 0 radical (unpaired) electrons. The van der Waals surface area contributed by atoms with Crippen molar-refractivity contribution < 1.29 is 23.1 Å². The van der Waals surface area contributed by atoms with E-state index in [4.69, 9.17) is 5.11 Å². The van der Waals surface area contributed by atoms with Gasteiger partial charge in [-0.2, -0.15) is 4.31 Å². The fourth-order valence-corrected chi connectivity index (χ4v) is 4.56. The molecule has 1 fully saturated rings. The Morgan fingerprint density at radius 2 is 1.73 bits per heavy atom. The molecule has 1 aromatic carbocycles. The number of hydrogen-bond donors (Lipinski definition) is 1. The van der Waals surface area contributed by atoms with E-state index in [9.17, 15) is 18.0 Å². The SMILES string of the molecule is CCCN(CC(=O)O)C(=O)Cc1ccc(S(=O)(=O)N2CCCCC2)cc1. The van der Waals surface area contributed by atoms with Gasteiger partial charge in [-0.15, -0.1) is 0 Å². The molecule has 0 atom stereocenters. The highest BCUT2D eigenvalue weighted by Crippen LogP contribution is 2.21. The summed E-state index contributed by atoms with van der Waals surface area (Å²) in [6.07, 6.45) is 3.53. The van der Waals surface area contributed by atoms with E-state index in [-0.39, 0.29) is 23.8 Å². The minimum atomic E-state index is -3.49. The molecule has 0 unspecified atom stereocenters. The number of nitrogens with zero attached hydrogens (tertiary/aromatic N) is 2. The van der Waals surface area contributed by atoms with Gasteiger partial charge in [0.2, 0.25) is 15.9 Å². The second-order valence-corrected chi connectivity index (χ2v) is 8.43. The van der Waals surface area contributed by atoms with E-state index in [1.165, 1.54) is 21.3 Å². The van der Waals surface area contributed by atoms with Crippen LogP contribution in [-0.2, 0) is 26.0 Å². The number of benzene rings is 1. The molecular weight excluding hydrogens is 356 g/mol. The summed E-state index contributed by atoms with van der Waals surface area (Å²) in [4.78, 5) is 24.7. The van der Waals surface area contributed by atoms with Crippen LogP contribution in [-0.4, -0.2) is 60.8 Å². The minimum Gasteiger partial charge on any atom is -0.480 e. The van der Waals surface area contributed by atoms with Gasteiger partial charge in [0.25, 0.3) is 0 Å². The maximum absolute atomic E-state index is 12.6. The molecular formula is C18H26N2O5S. The van der Waals surface area contributed by atoms with Crippen LogP contribution in [0.4, 0.5) is 0 Å². The Morgan fingerprint density at radius 3 is 2.27 bits per heavy atom. The van der Waals surface area contributed by atoms with Crippen LogP contribution in [0.1, 0.15) is 38.2 Å². The van der Waals surface area contributed by atoms with Crippen LogP contribution < -0.4 is 0 Å². The summed E-state index contributed by atoms with van der Waals surface area (Å²) in [5, 5.41) is 8.91. The van der Waals surface area contributed by atoms with Crippen LogP contribution in [0.25, 0.3) is 0 Å². The van der Waals surface area contributed by atoms with Gasteiger partial charge in [0.05, 0.1) is 11.3 Å². The highest BCUT2D eigenvalue weighted by Gasteiger charge is 2.26. The van der Waals surface area contributed by atoms with Gasteiger partial charge in [-0.05, 0) is 37.0 Å². The predicted molar refractivity (Wildman–Crippen MR) is 97.3 cm³/mol. The number of carbonyl (C=O) groups is 2. The summed E-state index contributed by atoms with van der Waals surface area (Å²) in [6, 6.07) is 6.29.